The van der Waals surface area contributed by atoms with Crippen LogP contribution in [-0.4, -0.2) is 18.5 Å². The number of nitrogens with one attached hydrogen (secondary N) is 1. The Balaban J connectivity index is 2.01. The van der Waals surface area contributed by atoms with Crippen LogP contribution >= 0.6 is 0 Å². The summed E-state index contributed by atoms with van der Waals surface area (Å²) in [6.45, 7) is 1.86. The molecule has 0 amide bonds. The molecule has 21 heavy (non-hydrogen) atoms. The van der Waals surface area contributed by atoms with E-state index in [1.165, 1.54) is 12.1 Å². The SMILES string of the molecule is Cc1ccc(S(=O)(=O)Oc2[nH]c3ccccc3c2O)cc1. The molecular formula is C15H13NO4S. The second-order valence-electron chi connectivity index (χ2n) is 4.70. The Morgan fingerprint density at radius 3 is 2.38 bits per heavy atom. The second-order valence-corrected chi connectivity index (χ2v) is 6.25. The maximum absolute atomic E-state index is 12.2. The average Bonchev–Trinajstić information content (AvgIpc) is 2.76. The topological polar surface area (TPSA) is 79.4 Å². The summed E-state index contributed by atoms with van der Waals surface area (Å²) >= 11 is 0. The number of aromatic hydroxyl groups is 1. The zero-order valence-corrected chi connectivity index (χ0v) is 12.0. The first-order valence-electron chi connectivity index (χ1n) is 6.28. The number of rotatable bonds is 3. The quantitative estimate of drug-likeness (QED) is 0.729. The lowest BCUT2D eigenvalue weighted by Crippen LogP contribution is -2.09. The maximum Gasteiger partial charge on any atom is 0.340 e. The minimum Gasteiger partial charge on any atom is -0.503 e. The van der Waals surface area contributed by atoms with E-state index in [1.54, 1.807) is 36.4 Å². The Morgan fingerprint density at radius 2 is 1.71 bits per heavy atom. The fourth-order valence-corrected chi connectivity index (χ4v) is 2.93. The van der Waals surface area contributed by atoms with Crippen LogP contribution in [0.4, 0.5) is 0 Å². The second kappa shape index (κ2) is 4.82. The Hall–Kier alpha value is -2.47. The van der Waals surface area contributed by atoms with Crippen molar-refractivity contribution in [1.29, 1.82) is 0 Å². The molecule has 1 aromatic heterocycles. The highest BCUT2D eigenvalue weighted by Gasteiger charge is 2.21. The van der Waals surface area contributed by atoms with Crippen molar-refractivity contribution in [2.45, 2.75) is 11.8 Å². The van der Waals surface area contributed by atoms with Gasteiger partial charge in [-0.1, -0.05) is 29.8 Å². The molecule has 0 saturated carbocycles. The van der Waals surface area contributed by atoms with Crippen LogP contribution in [0.5, 0.6) is 11.6 Å². The Bertz CT molecular complexity index is 895. The number of hydrogen-bond acceptors (Lipinski definition) is 4. The molecule has 0 bridgehead atoms. The van der Waals surface area contributed by atoms with E-state index in [1.807, 2.05) is 6.92 Å². The fraction of sp³-hybridized carbons (Fsp3) is 0.0667. The molecule has 6 heteroatoms. The van der Waals surface area contributed by atoms with Crippen molar-refractivity contribution in [1.82, 2.24) is 4.98 Å². The number of para-hydroxylation sites is 1. The first-order valence-corrected chi connectivity index (χ1v) is 7.69. The van der Waals surface area contributed by atoms with E-state index in [2.05, 4.69) is 4.98 Å². The van der Waals surface area contributed by atoms with Crippen molar-refractivity contribution in [3.63, 3.8) is 0 Å². The largest absolute Gasteiger partial charge is 0.503 e. The van der Waals surface area contributed by atoms with Crippen molar-refractivity contribution in [2.24, 2.45) is 0 Å². The first-order chi connectivity index (χ1) is 9.97. The van der Waals surface area contributed by atoms with Gasteiger partial charge in [-0.25, -0.2) is 0 Å². The number of hydrogen-bond donors (Lipinski definition) is 2. The highest BCUT2D eigenvalue weighted by molar-refractivity contribution is 7.87. The third-order valence-electron chi connectivity index (χ3n) is 3.15. The van der Waals surface area contributed by atoms with Gasteiger partial charge in [0, 0.05) is 5.39 Å². The lowest BCUT2D eigenvalue weighted by atomic mass is 10.2. The van der Waals surface area contributed by atoms with Crippen molar-refractivity contribution in [3.8, 4) is 11.6 Å². The zero-order valence-electron chi connectivity index (χ0n) is 11.2. The van der Waals surface area contributed by atoms with Crippen molar-refractivity contribution >= 4 is 21.0 Å². The number of aromatic nitrogens is 1. The summed E-state index contributed by atoms with van der Waals surface area (Å²) in [5.41, 5.74) is 1.55. The summed E-state index contributed by atoms with van der Waals surface area (Å²) in [7, 11) is -3.99. The fourth-order valence-electron chi connectivity index (χ4n) is 2.03. The van der Waals surface area contributed by atoms with Crippen LogP contribution in [0.15, 0.2) is 53.4 Å². The van der Waals surface area contributed by atoms with Crippen LogP contribution in [-0.2, 0) is 10.1 Å². The van der Waals surface area contributed by atoms with Gasteiger partial charge in [0.25, 0.3) is 5.88 Å². The number of fused-ring (bicyclic) bond motifs is 1. The normalized spacial score (nSPS) is 11.7. The predicted octanol–water partition coefficient (Wildman–Crippen LogP) is 2.95. The Labute approximate surface area is 121 Å². The van der Waals surface area contributed by atoms with E-state index in [0.29, 0.717) is 10.9 Å². The molecular weight excluding hydrogens is 290 g/mol. The minimum absolute atomic E-state index is 0.0335. The van der Waals surface area contributed by atoms with Gasteiger partial charge in [-0.3, -0.25) is 0 Å². The molecule has 3 rings (SSSR count). The minimum atomic E-state index is -3.99. The van der Waals surface area contributed by atoms with Gasteiger partial charge in [0.05, 0.1) is 5.52 Å². The molecule has 5 nitrogen and oxygen atoms in total. The van der Waals surface area contributed by atoms with E-state index in [0.717, 1.165) is 5.56 Å². The molecule has 0 saturated heterocycles. The molecule has 2 N–H and O–H groups in total. The molecule has 0 radical (unpaired) electrons. The van der Waals surface area contributed by atoms with E-state index < -0.39 is 10.1 Å². The van der Waals surface area contributed by atoms with E-state index >= 15 is 0 Å². The molecule has 2 aromatic carbocycles. The monoisotopic (exact) mass is 303 g/mol. The third-order valence-corrected chi connectivity index (χ3v) is 4.38. The maximum atomic E-state index is 12.2. The lowest BCUT2D eigenvalue weighted by Gasteiger charge is -2.05. The summed E-state index contributed by atoms with van der Waals surface area (Å²) < 4.78 is 29.4. The average molecular weight is 303 g/mol. The zero-order chi connectivity index (χ0) is 15.0. The van der Waals surface area contributed by atoms with Crippen LogP contribution in [0.3, 0.4) is 0 Å². The molecule has 0 unspecified atom stereocenters. The molecule has 0 aliphatic heterocycles. The van der Waals surface area contributed by atoms with Crippen molar-refractivity contribution in [2.75, 3.05) is 0 Å². The van der Waals surface area contributed by atoms with Gasteiger partial charge in [-0.05, 0) is 31.2 Å². The van der Waals surface area contributed by atoms with E-state index in [4.69, 9.17) is 4.18 Å². The molecule has 1 heterocycles. The summed E-state index contributed by atoms with van der Waals surface area (Å²) in [6.07, 6.45) is 0. The highest BCUT2D eigenvalue weighted by Crippen LogP contribution is 2.35. The van der Waals surface area contributed by atoms with Crippen LogP contribution < -0.4 is 4.18 Å². The number of H-pyrrole nitrogens is 1. The van der Waals surface area contributed by atoms with E-state index in [-0.39, 0.29) is 16.5 Å². The van der Waals surface area contributed by atoms with Gasteiger partial charge < -0.3 is 14.3 Å². The first kappa shape index (κ1) is 13.5. The summed E-state index contributed by atoms with van der Waals surface area (Å²) in [5.74, 6) is -0.405. The van der Waals surface area contributed by atoms with Crippen LogP contribution in [0.1, 0.15) is 5.56 Å². The van der Waals surface area contributed by atoms with E-state index in [9.17, 15) is 13.5 Å². The third kappa shape index (κ3) is 2.45. The number of benzene rings is 2. The standard InChI is InChI=1S/C15H13NO4S/c1-10-6-8-11(9-7-10)21(18,19)20-15-14(17)12-4-2-3-5-13(12)16-15/h2-9,16-17H,1H3. The lowest BCUT2D eigenvalue weighted by molar-refractivity contribution is 0.427. The molecule has 108 valence electrons. The van der Waals surface area contributed by atoms with Gasteiger partial charge >= 0.3 is 10.1 Å². The van der Waals surface area contributed by atoms with Gasteiger partial charge in [0.2, 0.25) is 0 Å². The smallest absolute Gasteiger partial charge is 0.340 e. The van der Waals surface area contributed by atoms with Gasteiger partial charge in [-0.2, -0.15) is 8.42 Å². The van der Waals surface area contributed by atoms with Crippen LogP contribution in [0.2, 0.25) is 0 Å². The van der Waals surface area contributed by atoms with Crippen molar-refractivity contribution in [3.05, 3.63) is 54.1 Å². The number of aryl methyl sites for hydroxylation is 1. The van der Waals surface area contributed by atoms with Crippen molar-refractivity contribution < 1.29 is 17.7 Å². The van der Waals surface area contributed by atoms with Gasteiger partial charge in [0.1, 0.15) is 4.90 Å². The molecule has 0 aliphatic rings. The summed E-state index contributed by atoms with van der Waals surface area (Å²) in [6, 6.07) is 13.2. The van der Waals surface area contributed by atoms with Gasteiger partial charge in [-0.15, -0.1) is 0 Å². The highest BCUT2D eigenvalue weighted by atomic mass is 32.2. The Morgan fingerprint density at radius 1 is 1.05 bits per heavy atom. The summed E-state index contributed by atoms with van der Waals surface area (Å²) in [5, 5.41) is 10.5. The molecule has 3 aromatic rings. The summed E-state index contributed by atoms with van der Waals surface area (Å²) in [4.78, 5) is 2.78. The number of aromatic amines is 1. The molecule has 0 fully saturated rings. The van der Waals surface area contributed by atoms with Crippen LogP contribution in [0, 0.1) is 6.92 Å². The molecule has 0 spiro atoms. The molecule has 0 aliphatic carbocycles. The van der Waals surface area contributed by atoms with Crippen LogP contribution in [0.25, 0.3) is 10.9 Å². The predicted molar refractivity (Wildman–Crippen MR) is 79.0 cm³/mol. The Kier molecular flexibility index (Phi) is 3.10. The van der Waals surface area contributed by atoms with Gasteiger partial charge in [0.15, 0.2) is 5.75 Å². The molecule has 0 atom stereocenters.